The van der Waals surface area contributed by atoms with Gasteiger partial charge in [0.15, 0.2) is 0 Å². The summed E-state index contributed by atoms with van der Waals surface area (Å²) in [4.78, 5) is 13.6. The second-order valence-corrected chi connectivity index (χ2v) is 4.44. The molecule has 1 aliphatic rings. The van der Waals surface area contributed by atoms with Crippen LogP contribution in [0.15, 0.2) is 18.2 Å². The van der Waals surface area contributed by atoms with Gasteiger partial charge in [0.25, 0.3) is 0 Å². The highest BCUT2D eigenvalue weighted by Crippen LogP contribution is 2.27. The first-order valence-corrected chi connectivity index (χ1v) is 6.04. The summed E-state index contributed by atoms with van der Waals surface area (Å²) < 4.78 is 13.4. The van der Waals surface area contributed by atoms with Gasteiger partial charge in [-0.15, -0.1) is 0 Å². The number of amides is 1. The van der Waals surface area contributed by atoms with Gasteiger partial charge in [0, 0.05) is 19.3 Å². The van der Waals surface area contributed by atoms with Crippen molar-refractivity contribution in [2.24, 2.45) is 0 Å². The molecule has 1 unspecified atom stereocenters. The predicted molar refractivity (Wildman–Crippen MR) is 66.8 cm³/mol. The molecule has 1 saturated heterocycles. The van der Waals surface area contributed by atoms with E-state index in [1.807, 2.05) is 4.90 Å². The molecule has 1 heterocycles. The highest BCUT2D eigenvalue weighted by atomic mass is 19.1. The van der Waals surface area contributed by atoms with Crippen LogP contribution in [0, 0.1) is 5.82 Å². The van der Waals surface area contributed by atoms with Crippen molar-refractivity contribution in [2.45, 2.75) is 25.5 Å². The highest BCUT2D eigenvalue weighted by Gasteiger charge is 2.30. The number of anilines is 1. The Labute approximate surface area is 105 Å². The van der Waals surface area contributed by atoms with Gasteiger partial charge in [-0.25, -0.2) is 4.39 Å². The molecule has 1 fully saturated rings. The minimum Gasteiger partial charge on any atom is -0.392 e. The standard InChI is InChI=1S/C13H17FN2O2/c1-15-13(18)12-3-2-4-16(12)11-6-9(8-17)5-10(14)7-11/h5-7,12,17H,2-4,8H2,1H3,(H,15,18). The molecule has 0 aromatic heterocycles. The highest BCUT2D eigenvalue weighted by molar-refractivity contribution is 5.85. The maximum absolute atomic E-state index is 13.4. The van der Waals surface area contributed by atoms with E-state index in [1.54, 1.807) is 13.1 Å². The molecule has 1 aromatic rings. The number of nitrogens with zero attached hydrogens (tertiary/aromatic N) is 1. The van der Waals surface area contributed by atoms with E-state index < -0.39 is 0 Å². The van der Waals surface area contributed by atoms with Crippen LogP contribution in [0.3, 0.4) is 0 Å². The fraction of sp³-hybridized carbons (Fsp3) is 0.462. The number of carbonyl (C=O) groups is 1. The first kappa shape index (κ1) is 12.8. The quantitative estimate of drug-likeness (QED) is 0.845. The van der Waals surface area contributed by atoms with Crippen LogP contribution >= 0.6 is 0 Å². The van der Waals surface area contributed by atoms with Crippen LogP contribution in [0.2, 0.25) is 0 Å². The number of aliphatic hydroxyl groups is 1. The lowest BCUT2D eigenvalue weighted by Crippen LogP contribution is -2.42. The van der Waals surface area contributed by atoms with Gasteiger partial charge in [-0.2, -0.15) is 0 Å². The minimum absolute atomic E-state index is 0.0534. The third kappa shape index (κ3) is 2.46. The first-order chi connectivity index (χ1) is 8.65. The second kappa shape index (κ2) is 5.35. The number of aliphatic hydroxyl groups excluding tert-OH is 1. The Bertz CT molecular complexity index is 451. The number of benzene rings is 1. The molecule has 1 aromatic carbocycles. The van der Waals surface area contributed by atoms with E-state index in [1.165, 1.54) is 12.1 Å². The van der Waals surface area contributed by atoms with Crippen LogP contribution in [-0.2, 0) is 11.4 Å². The fourth-order valence-electron chi connectivity index (χ4n) is 2.41. The number of likely N-dealkylation sites (N-methyl/N-ethyl adjacent to an activating group) is 1. The number of nitrogens with one attached hydrogen (secondary N) is 1. The van der Waals surface area contributed by atoms with E-state index in [9.17, 15) is 9.18 Å². The third-order valence-corrected chi connectivity index (χ3v) is 3.26. The lowest BCUT2D eigenvalue weighted by molar-refractivity contribution is -0.121. The van der Waals surface area contributed by atoms with Crippen molar-refractivity contribution >= 4 is 11.6 Å². The van der Waals surface area contributed by atoms with E-state index >= 15 is 0 Å². The summed E-state index contributed by atoms with van der Waals surface area (Å²) in [6, 6.07) is 4.18. The molecule has 4 nitrogen and oxygen atoms in total. The maximum atomic E-state index is 13.4. The average molecular weight is 252 g/mol. The molecule has 0 bridgehead atoms. The fourth-order valence-corrected chi connectivity index (χ4v) is 2.41. The third-order valence-electron chi connectivity index (χ3n) is 3.26. The van der Waals surface area contributed by atoms with Gasteiger partial charge in [0.1, 0.15) is 11.9 Å². The van der Waals surface area contributed by atoms with E-state index in [0.717, 1.165) is 19.4 Å². The molecule has 0 spiro atoms. The SMILES string of the molecule is CNC(=O)C1CCCN1c1cc(F)cc(CO)c1. The van der Waals surface area contributed by atoms with Crippen molar-refractivity contribution in [1.29, 1.82) is 0 Å². The minimum atomic E-state index is -0.390. The van der Waals surface area contributed by atoms with E-state index in [-0.39, 0.29) is 24.4 Å². The maximum Gasteiger partial charge on any atom is 0.242 e. The monoisotopic (exact) mass is 252 g/mol. The van der Waals surface area contributed by atoms with Crippen molar-refractivity contribution in [2.75, 3.05) is 18.5 Å². The van der Waals surface area contributed by atoms with Gasteiger partial charge in [-0.3, -0.25) is 4.79 Å². The Kier molecular flexibility index (Phi) is 3.81. The summed E-state index contributed by atoms with van der Waals surface area (Å²) in [5.41, 5.74) is 1.18. The van der Waals surface area contributed by atoms with Crippen LogP contribution in [0.4, 0.5) is 10.1 Å². The molecule has 18 heavy (non-hydrogen) atoms. The lowest BCUT2D eigenvalue weighted by Gasteiger charge is -2.25. The van der Waals surface area contributed by atoms with Crippen molar-refractivity contribution in [3.05, 3.63) is 29.6 Å². The average Bonchev–Trinajstić information content (AvgIpc) is 2.86. The Morgan fingerprint density at radius 2 is 2.33 bits per heavy atom. The van der Waals surface area contributed by atoms with Crippen LogP contribution in [0.5, 0.6) is 0 Å². The molecule has 1 aliphatic heterocycles. The zero-order valence-electron chi connectivity index (χ0n) is 10.3. The topological polar surface area (TPSA) is 52.6 Å². The van der Waals surface area contributed by atoms with Crippen LogP contribution in [-0.4, -0.2) is 30.6 Å². The summed E-state index contributed by atoms with van der Waals surface area (Å²) in [6.07, 6.45) is 1.67. The zero-order chi connectivity index (χ0) is 13.1. The van der Waals surface area contributed by atoms with Crippen LogP contribution in [0.25, 0.3) is 0 Å². The van der Waals surface area contributed by atoms with Crippen molar-refractivity contribution < 1.29 is 14.3 Å². The molecular weight excluding hydrogens is 235 g/mol. The zero-order valence-corrected chi connectivity index (χ0v) is 10.3. The molecule has 1 amide bonds. The van der Waals surface area contributed by atoms with Crippen molar-refractivity contribution in [3.63, 3.8) is 0 Å². The van der Waals surface area contributed by atoms with Crippen LogP contribution in [0.1, 0.15) is 18.4 Å². The summed E-state index contributed by atoms with van der Waals surface area (Å²) in [5.74, 6) is -0.443. The number of carbonyl (C=O) groups excluding carboxylic acids is 1. The summed E-state index contributed by atoms with van der Waals surface area (Å²) >= 11 is 0. The largest absolute Gasteiger partial charge is 0.392 e. The Morgan fingerprint density at radius 1 is 1.56 bits per heavy atom. The molecule has 5 heteroatoms. The number of halogens is 1. The van der Waals surface area contributed by atoms with Crippen LogP contribution < -0.4 is 10.2 Å². The first-order valence-electron chi connectivity index (χ1n) is 6.04. The molecule has 2 N–H and O–H groups in total. The van der Waals surface area contributed by atoms with Gasteiger partial charge < -0.3 is 15.3 Å². The van der Waals surface area contributed by atoms with Gasteiger partial charge in [-0.1, -0.05) is 0 Å². The summed E-state index contributed by atoms with van der Waals surface area (Å²) in [6.45, 7) is 0.523. The molecule has 2 rings (SSSR count). The van der Waals surface area contributed by atoms with E-state index in [0.29, 0.717) is 11.3 Å². The number of hydrogen-bond donors (Lipinski definition) is 2. The number of rotatable bonds is 3. The van der Waals surface area contributed by atoms with Crippen molar-refractivity contribution in [1.82, 2.24) is 5.32 Å². The molecule has 0 aliphatic carbocycles. The molecule has 1 atom stereocenters. The summed E-state index contributed by atoms with van der Waals surface area (Å²) in [5, 5.41) is 11.7. The smallest absolute Gasteiger partial charge is 0.242 e. The second-order valence-electron chi connectivity index (χ2n) is 4.44. The van der Waals surface area contributed by atoms with Gasteiger partial charge in [0.2, 0.25) is 5.91 Å². The number of hydrogen-bond acceptors (Lipinski definition) is 3. The Morgan fingerprint density at radius 3 is 3.00 bits per heavy atom. The van der Waals surface area contributed by atoms with E-state index in [2.05, 4.69) is 5.32 Å². The van der Waals surface area contributed by atoms with E-state index in [4.69, 9.17) is 5.11 Å². The van der Waals surface area contributed by atoms with Gasteiger partial charge in [-0.05, 0) is 36.6 Å². The Balaban J connectivity index is 2.29. The predicted octanol–water partition coefficient (Wildman–Crippen LogP) is 1.03. The van der Waals surface area contributed by atoms with Crippen molar-refractivity contribution in [3.8, 4) is 0 Å². The molecule has 0 saturated carbocycles. The lowest BCUT2D eigenvalue weighted by atomic mass is 10.1. The van der Waals surface area contributed by atoms with Gasteiger partial charge >= 0.3 is 0 Å². The molecule has 0 radical (unpaired) electrons. The normalized spacial score (nSPS) is 19.1. The molecular formula is C13H17FN2O2. The Hall–Kier alpha value is -1.62. The van der Waals surface area contributed by atoms with Gasteiger partial charge in [0.05, 0.1) is 6.61 Å². The molecule has 98 valence electrons. The summed E-state index contributed by atoms with van der Waals surface area (Å²) in [7, 11) is 1.60.